The van der Waals surface area contributed by atoms with Gasteiger partial charge < -0.3 is 15.7 Å². The Hall–Kier alpha value is -0.770. The van der Waals surface area contributed by atoms with Crippen molar-refractivity contribution in [2.45, 2.75) is 18.4 Å². The lowest BCUT2D eigenvalue weighted by molar-refractivity contribution is 0.244. The Morgan fingerprint density at radius 3 is 2.91 bits per heavy atom. The summed E-state index contributed by atoms with van der Waals surface area (Å²) in [7, 11) is 0. The quantitative estimate of drug-likeness (QED) is 0.482. The van der Waals surface area contributed by atoms with Crippen molar-refractivity contribution in [1.29, 1.82) is 0 Å². The van der Waals surface area contributed by atoms with Crippen LogP contribution in [0.25, 0.3) is 0 Å². The van der Waals surface area contributed by atoms with E-state index in [4.69, 9.17) is 5.11 Å². The zero-order valence-electron chi connectivity index (χ0n) is 6.43. The molecule has 4 heteroatoms. The summed E-state index contributed by atoms with van der Waals surface area (Å²) in [5, 5.41) is 15.3. The van der Waals surface area contributed by atoms with Gasteiger partial charge in [0.2, 0.25) is 0 Å². The van der Waals surface area contributed by atoms with E-state index in [1.54, 1.807) is 0 Å². The van der Waals surface area contributed by atoms with Crippen molar-refractivity contribution >= 4 is 5.96 Å². The number of aliphatic hydroxyl groups excluding tert-OH is 1. The summed E-state index contributed by atoms with van der Waals surface area (Å²) in [5.41, 5.74) is -0.0316. The van der Waals surface area contributed by atoms with E-state index in [9.17, 15) is 0 Å². The summed E-state index contributed by atoms with van der Waals surface area (Å²) < 4.78 is 0. The summed E-state index contributed by atoms with van der Waals surface area (Å²) in [5.74, 6) is 0.858. The minimum Gasteiger partial charge on any atom is -0.394 e. The van der Waals surface area contributed by atoms with Gasteiger partial charge in [-0.1, -0.05) is 0 Å². The number of nitrogens with zero attached hydrogens (tertiary/aromatic N) is 1. The van der Waals surface area contributed by atoms with Crippen molar-refractivity contribution < 1.29 is 5.11 Å². The molecule has 4 nitrogen and oxygen atoms in total. The molecule has 0 spiro atoms. The summed E-state index contributed by atoms with van der Waals surface area (Å²) in [6.45, 7) is 1.99. The fourth-order valence-electron chi connectivity index (χ4n) is 1.21. The summed E-state index contributed by atoms with van der Waals surface area (Å²) >= 11 is 0. The summed E-state index contributed by atoms with van der Waals surface area (Å²) in [6, 6.07) is 0. The average Bonchev–Trinajstić information content (AvgIpc) is 2.59. The second-order valence-corrected chi connectivity index (χ2v) is 3.22. The van der Waals surface area contributed by atoms with E-state index in [0.29, 0.717) is 0 Å². The first-order chi connectivity index (χ1) is 5.35. The van der Waals surface area contributed by atoms with E-state index in [1.807, 2.05) is 0 Å². The molecule has 0 aromatic rings. The van der Waals surface area contributed by atoms with Crippen LogP contribution >= 0.6 is 0 Å². The molecule has 0 amide bonds. The molecule has 0 bridgehead atoms. The van der Waals surface area contributed by atoms with E-state index in [-0.39, 0.29) is 12.1 Å². The van der Waals surface area contributed by atoms with Crippen LogP contribution in [0.3, 0.4) is 0 Å². The number of rotatable bonds is 2. The molecule has 0 atom stereocenters. The highest BCUT2D eigenvalue weighted by molar-refractivity contribution is 5.82. The summed E-state index contributed by atoms with van der Waals surface area (Å²) in [6.07, 6.45) is 2.12. The van der Waals surface area contributed by atoms with Gasteiger partial charge in [-0.25, -0.2) is 0 Å². The van der Waals surface area contributed by atoms with Crippen LogP contribution in [0.5, 0.6) is 0 Å². The Morgan fingerprint density at radius 2 is 2.45 bits per heavy atom. The van der Waals surface area contributed by atoms with Crippen LogP contribution < -0.4 is 10.6 Å². The maximum atomic E-state index is 8.97. The first kappa shape index (κ1) is 6.91. The van der Waals surface area contributed by atoms with Gasteiger partial charge in [-0.15, -0.1) is 0 Å². The van der Waals surface area contributed by atoms with Crippen molar-refractivity contribution in [1.82, 2.24) is 10.6 Å². The maximum absolute atomic E-state index is 8.97. The molecule has 1 heterocycles. The van der Waals surface area contributed by atoms with Crippen LogP contribution in [0, 0.1) is 0 Å². The normalized spacial score (nSPS) is 25.7. The number of nitrogens with one attached hydrogen (secondary N) is 2. The molecule has 0 aromatic carbocycles. The Bertz CT molecular complexity index is 186. The number of aliphatic hydroxyl groups is 1. The second kappa shape index (κ2) is 2.37. The minimum atomic E-state index is -0.0316. The molecule has 0 unspecified atom stereocenters. The number of aliphatic imine (C=N–C) groups is 1. The smallest absolute Gasteiger partial charge is 0.191 e. The van der Waals surface area contributed by atoms with Crippen LogP contribution in [0.1, 0.15) is 12.8 Å². The highest BCUT2D eigenvalue weighted by Gasteiger charge is 2.43. The van der Waals surface area contributed by atoms with Gasteiger partial charge in [-0.2, -0.15) is 0 Å². The van der Waals surface area contributed by atoms with Gasteiger partial charge in [0, 0.05) is 6.54 Å². The molecule has 1 aliphatic heterocycles. The van der Waals surface area contributed by atoms with Crippen LogP contribution in [0.4, 0.5) is 0 Å². The van der Waals surface area contributed by atoms with Gasteiger partial charge in [0.25, 0.3) is 0 Å². The molecule has 0 radical (unpaired) electrons. The third kappa shape index (κ3) is 1.30. The zero-order valence-corrected chi connectivity index (χ0v) is 6.43. The molecule has 3 N–H and O–H groups in total. The van der Waals surface area contributed by atoms with Gasteiger partial charge in [0.1, 0.15) is 0 Å². The van der Waals surface area contributed by atoms with Gasteiger partial charge in [-0.05, 0) is 12.8 Å². The van der Waals surface area contributed by atoms with Crippen molar-refractivity contribution in [3.05, 3.63) is 0 Å². The maximum Gasteiger partial charge on any atom is 0.191 e. The van der Waals surface area contributed by atoms with E-state index in [0.717, 1.165) is 31.9 Å². The molecular weight excluding hydrogens is 142 g/mol. The van der Waals surface area contributed by atoms with Crippen LogP contribution in [0.15, 0.2) is 4.99 Å². The Balaban J connectivity index is 1.89. The summed E-state index contributed by atoms with van der Waals surface area (Å²) in [4.78, 5) is 4.19. The lowest BCUT2D eigenvalue weighted by Crippen LogP contribution is -2.44. The van der Waals surface area contributed by atoms with Crippen molar-refractivity contribution in [2.24, 2.45) is 4.99 Å². The van der Waals surface area contributed by atoms with Crippen LogP contribution in [-0.4, -0.2) is 36.3 Å². The molecule has 1 saturated carbocycles. The van der Waals surface area contributed by atoms with Crippen LogP contribution in [-0.2, 0) is 0 Å². The zero-order chi connectivity index (χ0) is 7.73. The predicted molar refractivity (Wildman–Crippen MR) is 42.5 cm³/mol. The SMILES string of the molecule is OCC1(NC2=NCCN2)CC1. The Morgan fingerprint density at radius 1 is 1.64 bits per heavy atom. The van der Waals surface area contributed by atoms with Gasteiger partial charge in [0.15, 0.2) is 5.96 Å². The van der Waals surface area contributed by atoms with Crippen molar-refractivity contribution in [3.8, 4) is 0 Å². The van der Waals surface area contributed by atoms with E-state index in [1.165, 1.54) is 0 Å². The Labute approximate surface area is 65.7 Å². The fraction of sp³-hybridized carbons (Fsp3) is 0.857. The number of guanidine groups is 1. The molecule has 2 aliphatic rings. The molecule has 1 fully saturated rings. The minimum absolute atomic E-state index is 0.0316. The first-order valence-electron chi connectivity index (χ1n) is 4.02. The fourth-order valence-corrected chi connectivity index (χ4v) is 1.21. The van der Waals surface area contributed by atoms with E-state index < -0.39 is 0 Å². The molecule has 2 rings (SSSR count). The molecular formula is C7H13N3O. The molecule has 1 aliphatic carbocycles. The third-order valence-corrected chi connectivity index (χ3v) is 2.21. The van der Waals surface area contributed by atoms with Crippen LogP contribution in [0.2, 0.25) is 0 Å². The Kier molecular flexibility index (Phi) is 1.49. The van der Waals surface area contributed by atoms with Crippen molar-refractivity contribution in [2.75, 3.05) is 19.7 Å². The topological polar surface area (TPSA) is 56.6 Å². The number of hydrogen-bond acceptors (Lipinski definition) is 4. The lowest BCUT2D eigenvalue weighted by Gasteiger charge is -2.15. The average molecular weight is 155 g/mol. The largest absolute Gasteiger partial charge is 0.394 e. The molecule has 0 saturated heterocycles. The molecule has 11 heavy (non-hydrogen) atoms. The van der Waals surface area contributed by atoms with Gasteiger partial charge in [0.05, 0.1) is 18.7 Å². The second-order valence-electron chi connectivity index (χ2n) is 3.22. The van der Waals surface area contributed by atoms with E-state index in [2.05, 4.69) is 15.6 Å². The molecule has 62 valence electrons. The van der Waals surface area contributed by atoms with Gasteiger partial charge in [-0.3, -0.25) is 4.99 Å². The third-order valence-electron chi connectivity index (χ3n) is 2.21. The van der Waals surface area contributed by atoms with Crippen molar-refractivity contribution in [3.63, 3.8) is 0 Å². The highest BCUT2D eigenvalue weighted by Crippen LogP contribution is 2.34. The predicted octanol–water partition coefficient (Wildman–Crippen LogP) is -0.940. The monoisotopic (exact) mass is 155 g/mol. The van der Waals surface area contributed by atoms with Gasteiger partial charge >= 0.3 is 0 Å². The first-order valence-corrected chi connectivity index (χ1v) is 4.02. The molecule has 0 aromatic heterocycles. The van der Waals surface area contributed by atoms with E-state index >= 15 is 0 Å². The highest BCUT2D eigenvalue weighted by atomic mass is 16.3. The lowest BCUT2D eigenvalue weighted by atomic mass is 10.3. The number of hydrogen-bond donors (Lipinski definition) is 3. The standard InChI is InChI=1S/C7H13N3O/c11-5-7(1-2-7)10-6-8-3-4-9-6/h11H,1-5H2,(H2,8,9,10).